The predicted molar refractivity (Wildman–Crippen MR) is 54.2 cm³/mol. The summed E-state index contributed by atoms with van der Waals surface area (Å²) in [5.74, 6) is -0.910. The van der Waals surface area contributed by atoms with Crippen LogP contribution in [0, 0.1) is 0 Å². The molecule has 4 atom stereocenters. The normalized spacial score (nSPS) is 45.4. The van der Waals surface area contributed by atoms with Crippen LogP contribution in [0.15, 0.2) is 0 Å². The van der Waals surface area contributed by atoms with Gasteiger partial charge in [-0.15, -0.1) is 0 Å². The Morgan fingerprint density at radius 3 is 2.73 bits per heavy atom. The molecule has 0 aliphatic carbocycles. The van der Waals surface area contributed by atoms with Gasteiger partial charge in [-0.25, -0.2) is 0 Å². The minimum Gasteiger partial charge on any atom is -0.346 e. The van der Waals surface area contributed by atoms with E-state index in [1.807, 2.05) is 6.92 Å². The summed E-state index contributed by atoms with van der Waals surface area (Å²) in [4.78, 5) is 0. The van der Waals surface area contributed by atoms with Crippen molar-refractivity contribution in [3.8, 4) is 0 Å². The fourth-order valence-electron chi connectivity index (χ4n) is 2.19. The summed E-state index contributed by atoms with van der Waals surface area (Å²) in [7, 11) is 0. The number of ether oxygens (including phenoxy) is 4. The molecule has 0 aromatic heterocycles. The first-order chi connectivity index (χ1) is 7.17. The lowest BCUT2D eigenvalue weighted by Crippen LogP contribution is -2.36. The predicted octanol–water partition coefficient (Wildman–Crippen LogP) is 2.03. The fraction of sp³-hybridized carbons (Fsp3) is 1.00. The number of fused-ring (bicyclic) bond motifs is 1. The second kappa shape index (κ2) is 4.37. The lowest BCUT2D eigenvalue weighted by atomic mass is 10.0. The molecular formula is C11H20O4. The molecule has 0 aromatic carbocycles. The maximum atomic E-state index is 5.77. The zero-order valence-corrected chi connectivity index (χ0v) is 9.69. The molecule has 88 valence electrons. The molecule has 2 aliphatic rings. The van der Waals surface area contributed by atoms with Crippen molar-refractivity contribution in [1.82, 2.24) is 0 Å². The van der Waals surface area contributed by atoms with E-state index in [-0.39, 0.29) is 12.4 Å². The summed E-state index contributed by atoms with van der Waals surface area (Å²) in [6.07, 6.45) is 3.15. The largest absolute Gasteiger partial charge is 0.346 e. The van der Waals surface area contributed by atoms with Gasteiger partial charge in [0.1, 0.15) is 6.10 Å². The van der Waals surface area contributed by atoms with Gasteiger partial charge in [0.25, 0.3) is 5.97 Å². The zero-order chi connectivity index (χ0) is 10.9. The molecule has 0 radical (unpaired) electrons. The van der Waals surface area contributed by atoms with Gasteiger partial charge in [0.2, 0.25) is 0 Å². The van der Waals surface area contributed by atoms with Gasteiger partial charge in [-0.2, -0.15) is 0 Å². The summed E-state index contributed by atoms with van der Waals surface area (Å²) in [6.45, 7) is 6.43. The van der Waals surface area contributed by atoms with Gasteiger partial charge in [-0.05, 0) is 26.2 Å². The van der Waals surface area contributed by atoms with Crippen LogP contribution < -0.4 is 0 Å². The molecule has 0 amide bonds. The molecule has 0 bridgehead atoms. The monoisotopic (exact) mass is 216 g/mol. The smallest absolute Gasteiger partial charge is 0.282 e. The summed E-state index contributed by atoms with van der Waals surface area (Å²) < 4.78 is 22.6. The quantitative estimate of drug-likeness (QED) is 0.723. The van der Waals surface area contributed by atoms with Gasteiger partial charge < -0.3 is 14.2 Å². The van der Waals surface area contributed by atoms with Crippen LogP contribution in [0.3, 0.4) is 0 Å². The topological polar surface area (TPSA) is 36.9 Å². The third-order valence-electron chi connectivity index (χ3n) is 2.96. The Labute approximate surface area is 90.8 Å². The Morgan fingerprint density at radius 1 is 1.27 bits per heavy atom. The zero-order valence-electron chi connectivity index (χ0n) is 9.69. The van der Waals surface area contributed by atoms with Gasteiger partial charge >= 0.3 is 0 Å². The van der Waals surface area contributed by atoms with Crippen molar-refractivity contribution >= 4 is 0 Å². The third kappa shape index (κ3) is 2.33. The van der Waals surface area contributed by atoms with E-state index < -0.39 is 5.97 Å². The van der Waals surface area contributed by atoms with Gasteiger partial charge in [-0.3, -0.25) is 4.74 Å². The minimum absolute atomic E-state index is 0.0318. The van der Waals surface area contributed by atoms with Gasteiger partial charge in [0.05, 0.1) is 6.10 Å². The van der Waals surface area contributed by atoms with Crippen LogP contribution in [0.4, 0.5) is 0 Å². The molecule has 2 heterocycles. The average molecular weight is 216 g/mol. The van der Waals surface area contributed by atoms with Crippen LogP contribution in [-0.2, 0) is 18.9 Å². The first-order valence-electron chi connectivity index (χ1n) is 5.82. The summed E-state index contributed by atoms with van der Waals surface area (Å²) >= 11 is 0. The molecule has 2 rings (SSSR count). The van der Waals surface area contributed by atoms with Crippen LogP contribution in [0.5, 0.6) is 0 Å². The van der Waals surface area contributed by atoms with E-state index in [0.29, 0.717) is 12.7 Å². The van der Waals surface area contributed by atoms with Crippen molar-refractivity contribution in [1.29, 1.82) is 0 Å². The van der Waals surface area contributed by atoms with Crippen LogP contribution in [0.25, 0.3) is 0 Å². The standard InChI is InChI=1S/C11H20O4/c1-4-8-6-7-9-10(13-8)15-11(3,14-9)12-5-2/h8-10H,4-7H2,1-3H3/t8-,9-,10-,11-/m0/s1. The lowest BCUT2D eigenvalue weighted by Gasteiger charge is -2.28. The molecule has 0 unspecified atom stereocenters. The molecule has 2 saturated heterocycles. The van der Waals surface area contributed by atoms with Crippen molar-refractivity contribution in [3.05, 3.63) is 0 Å². The van der Waals surface area contributed by atoms with Crippen molar-refractivity contribution < 1.29 is 18.9 Å². The first-order valence-corrected chi connectivity index (χ1v) is 5.82. The van der Waals surface area contributed by atoms with Crippen molar-refractivity contribution in [2.75, 3.05) is 6.61 Å². The molecule has 0 aromatic rings. The molecule has 2 aliphatic heterocycles. The van der Waals surface area contributed by atoms with Crippen molar-refractivity contribution in [2.45, 2.75) is 64.5 Å². The van der Waals surface area contributed by atoms with E-state index in [2.05, 4.69) is 6.92 Å². The molecule has 15 heavy (non-hydrogen) atoms. The molecule has 4 nitrogen and oxygen atoms in total. The SMILES string of the molecule is CCO[C@]1(C)O[C@@H]2O[C@@H](CC)CC[C@@H]2O1. The summed E-state index contributed by atoms with van der Waals surface area (Å²) in [5, 5.41) is 0. The lowest BCUT2D eigenvalue weighted by molar-refractivity contribution is -0.341. The first kappa shape index (κ1) is 11.3. The van der Waals surface area contributed by atoms with Crippen molar-refractivity contribution in [3.63, 3.8) is 0 Å². The highest BCUT2D eigenvalue weighted by atomic mass is 16.9. The van der Waals surface area contributed by atoms with E-state index in [1.54, 1.807) is 6.92 Å². The Bertz CT molecular complexity index is 221. The maximum absolute atomic E-state index is 5.77. The van der Waals surface area contributed by atoms with Gasteiger partial charge in [0.15, 0.2) is 6.29 Å². The van der Waals surface area contributed by atoms with Gasteiger partial charge in [-0.1, -0.05) is 6.92 Å². The number of hydrogen-bond acceptors (Lipinski definition) is 4. The average Bonchev–Trinajstić information content (AvgIpc) is 2.53. The Morgan fingerprint density at radius 2 is 2.07 bits per heavy atom. The molecule has 0 saturated carbocycles. The van der Waals surface area contributed by atoms with E-state index in [9.17, 15) is 0 Å². The van der Waals surface area contributed by atoms with E-state index in [0.717, 1.165) is 19.3 Å². The van der Waals surface area contributed by atoms with Crippen molar-refractivity contribution in [2.24, 2.45) is 0 Å². The molecular weight excluding hydrogens is 196 g/mol. The molecule has 4 heteroatoms. The van der Waals surface area contributed by atoms with Crippen LogP contribution in [0.1, 0.15) is 40.0 Å². The highest BCUT2D eigenvalue weighted by molar-refractivity contribution is 4.80. The Hall–Kier alpha value is -0.160. The molecule has 2 fully saturated rings. The van der Waals surface area contributed by atoms with Crippen LogP contribution in [0.2, 0.25) is 0 Å². The second-order valence-corrected chi connectivity index (χ2v) is 4.18. The highest BCUT2D eigenvalue weighted by Gasteiger charge is 2.48. The summed E-state index contributed by atoms with van der Waals surface area (Å²) in [6, 6.07) is 0. The fourth-order valence-corrected chi connectivity index (χ4v) is 2.19. The summed E-state index contributed by atoms with van der Waals surface area (Å²) in [5.41, 5.74) is 0. The molecule has 0 spiro atoms. The number of rotatable bonds is 3. The Kier molecular flexibility index (Phi) is 3.30. The molecule has 0 N–H and O–H groups in total. The Balaban J connectivity index is 1.95. The van der Waals surface area contributed by atoms with Gasteiger partial charge in [0, 0.05) is 13.5 Å². The highest BCUT2D eigenvalue weighted by Crippen LogP contribution is 2.37. The minimum atomic E-state index is -0.910. The van der Waals surface area contributed by atoms with E-state index in [1.165, 1.54) is 0 Å². The van der Waals surface area contributed by atoms with Crippen LogP contribution >= 0.6 is 0 Å². The number of hydrogen-bond donors (Lipinski definition) is 0. The third-order valence-corrected chi connectivity index (χ3v) is 2.96. The van der Waals surface area contributed by atoms with Crippen LogP contribution in [-0.4, -0.2) is 31.1 Å². The van der Waals surface area contributed by atoms with E-state index in [4.69, 9.17) is 18.9 Å². The second-order valence-electron chi connectivity index (χ2n) is 4.18. The maximum Gasteiger partial charge on any atom is 0.282 e. The van der Waals surface area contributed by atoms with E-state index >= 15 is 0 Å².